The van der Waals surface area contributed by atoms with Gasteiger partial charge in [0.05, 0.1) is 11.3 Å². The Hall–Kier alpha value is -1.70. The molecule has 3 nitrogen and oxygen atoms in total. The molecule has 0 amide bonds. The molecule has 0 aromatic heterocycles. The van der Waals surface area contributed by atoms with E-state index in [4.69, 9.17) is 34.8 Å². The molecule has 0 aliphatic carbocycles. The third kappa shape index (κ3) is 5.74. The topological polar surface area (TPSA) is 37.4 Å². The van der Waals surface area contributed by atoms with Crippen molar-refractivity contribution in [2.75, 3.05) is 19.3 Å². The molecule has 4 rings (SSSR count). The van der Waals surface area contributed by atoms with Gasteiger partial charge in [-0.25, -0.2) is 17.2 Å². The summed E-state index contributed by atoms with van der Waals surface area (Å²) in [5, 5.41) is 0.686. The summed E-state index contributed by atoms with van der Waals surface area (Å²) in [6.45, 7) is 1.19. The van der Waals surface area contributed by atoms with Crippen LogP contribution in [-0.2, 0) is 9.84 Å². The smallest absolute Gasteiger partial charge is 0.154 e. The predicted molar refractivity (Wildman–Crippen MR) is 133 cm³/mol. The molecule has 2 atom stereocenters. The molecule has 3 aromatic rings. The first-order chi connectivity index (χ1) is 16.0. The standard InChI is InChI=1S/C25H22Cl3F2NO2S/c1-34(32,33)24(17-9-20(29)12-21(30)10-17)8-15-13-31(14-15)25(16-2-4-18(26)5-3-16)22-7-6-19(27)11-23(22)28/h2-7,9-12,15,24-25H,8,13-14H2,1H3/t24-,25?/m0/s1. The van der Waals surface area contributed by atoms with Crippen molar-refractivity contribution in [1.29, 1.82) is 0 Å². The van der Waals surface area contributed by atoms with E-state index in [-0.39, 0.29) is 23.9 Å². The molecular weight excluding hydrogens is 523 g/mol. The zero-order valence-electron chi connectivity index (χ0n) is 18.2. The van der Waals surface area contributed by atoms with Crippen LogP contribution in [0.4, 0.5) is 8.78 Å². The van der Waals surface area contributed by atoms with E-state index in [9.17, 15) is 17.2 Å². The summed E-state index contributed by atoms with van der Waals surface area (Å²) >= 11 is 18.7. The summed E-state index contributed by atoms with van der Waals surface area (Å²) in [6.07, 6.45) is 1.36. The number of halogens is 5. The lowest BCUT2D eigenvalue weighted by molar-refractivity contribution is 0.0628. The second-order valence-electron chi connectivity index (χ2n) is 8.70. The van der Waals surface area contributed by atoms with Gasteiger partial charge < -0.3 is 0 Å². The van der Waals surface area contributed by atoms with E-state index in [1.165, 1.54) is 0 Å². The molecule has 9 heteroatoms. The van der Waals surface area contributed by atoms with Gasteiger partial charge >= 0.3 is 0 Å². The zero-order valence-corrected chi connectivity index (χ0v) is 21.3. The van der Waals surface area contributed by atoms with Gasteiger partial charge in [0.2, 0.25) is 0 Å². The van der Waals surface area contributed by atoms with Crippen LogP contribution in [0, 0.1) is 17.6 Å². The SMILES string of the molecule is CS(=O)(=O)[C@@H](CC1CN(C(c2ccc(Cl)cc2)c2ccc(Cl)cc2Cl)C1)c1cc(F)cc(F)c1. The Bertz CT molecular complexity index is 1280. The number of hydrogen-bond donors (Lipinski definition) is 0. The minimum absolute atomic E-state index is 0.0203. The van der Waals surface area contributed by atoms with Crippen LogP contribution in [0.3, 0.4) is 0 Å². The molecule has 0 saturated carbocycles. The maximum Gasteiger partial charge on any atom is 0.154 e. The van der Waals surface area contributed by atoms with Crippen LogP contribution in [-0.4, -0.2) is 32.7 Å². The summed E-state index contributed by atoms with van der Waals surface area (Å²) in [4.78, 5) is 2.19. The molecule has 0 radical (unpaired) electrons. The van der Waals surface area contributed by atoms with E-state index < -0.39 is 26.7 Å². The fourth-order valence-electron chi connectivity index (χ4n) is 4.55. The average molecular weight is 545 g/mol. The molecule has 180 valence electrons. The van der Waals surface area contributed by atoms with E-state index in [0.29, 0.717) is 28.2 Å². The fourth-order valence-corrected chi connectivity index (χ4v) is 6.44. The molecule has 1 unspecified atom stereocenters. The summed E-state index contributed by atoms with van der Waals surface area (Å²) in [6, 6.07) is 15.6. The number of likely N-dealkylation sites (tertiary alicyclic amines) is 1. The number of nitrogens with zero attached hydrogens (tertiary/aromatic N) is 1. The Labute approximate surface area is 213 Å². The second-order valence-corrected chi connectivity index (χ2v) is 12.2. The number of benzene rings is 3. The molecule has 1 aliphatic rings. The number of sulfone groups is 1. The van der Waals surface area contributed by atoms with Crippen molar-refractivity contribution in [3.8, 4) is 0 Å². The first-order valence-corrected chi connectivity index (χ1v) is 13.7. The molecule has 0 bridgehead atoms. The van der Waals surface area contributed by atoms with Crippen molar-refractivity contribution in [2.45, 2.75) is 17.7 Å². The van der Waals surface area contributed by atoms with Crippen LogP contribution in [0.25, 0.3) is 0 Å². The summed E-state index contributed by atoms with van der Waals surface area (Å²) in [5.74, 6) is -1.56. The molecule has 34 heavy (non-hydrogen) atoms. The average Bonchev–Trinajstić information content (AvgIpc) is 2.69. The van der Waals surface area contributed by atoms with E-state index in [1.54, 1.807) is 12.1 Å². The number of hydrogen-bond acceptors (Lipinski definition) is 3. The quantitative estimate of drug-likeness (QED) is 0.318. The first kappa shape index (κ1) is 25.4. The molecule has 1 fully saturated rings. The number of rotatable bonds is 7. The van der Waals surface area contributed by atoms with Gasteiger partial charge in [-0.1, -0.05) is 53.0 Å². The molecule has 0 N–H and O–H groups in total. The van der Waals surface area contributed by atoms with E-state index >= 15 is 0 Å². The lowest BCUT2D eigenvalue weighted by atomic mass is 9.87. The van der Waals surface area contributed by atoms with Gasteiger partial charge in [-0.05, 0) is 65.4 Å². The highest BCUT2D eigenvalue weighted by Gasteiger charge is 2.38. The molecule has 1 saturated heterocycles. The van der Waals surface area contributed by atoms with Crippen molar-refractivity contribution in [3.05, 3.63) is 104 Å². The van der Waals surface area contributed by atoms with Gasteiger partial charge in [-0.15, -0.1) is 0 Å². The van der Waals surface area contributed by atoms with Gasteiger partial charge in [-0.3, -0.25) is 4.90 Å². The largest absolute Gasteiger partial charge is 0.292 e. The Morgan fingerprint density at radius 1 is 0.882 bits per heavy atom. The van der Waals surface area contributed by atoms with Crippen molar-refractivity contribution >= 4 is 44.6 Å². The molecular formula is C25H22Cl3F2NO2S. The van der Waals surface area contributed by atoms with Crippen LogP contribution in [0.1, 0.15) is 34.4 Å². The summed E-state index contributed by atoms with van der Waals surface area (Å²) in [7, 11) is -3.58. The van der Waals surface area contributed by atoms with Crippen LogP contribution in [0.5, 0.6) is 0 Å². The van der Waals surface area contributed by atoms with Crippen molar-refractivity contribution in [1.82, 2.24) is 4.90 Å². The monoisotopic (exact) mass is 543 g/mol. The third-order valence-electron chi connectivity index (χ3n) is 6.11. The van der Waals surface area contributed by atoms with E-state index in [0.717, 1.165) is 35.6 Å². The normalized spacial score (nSPS) is 16.8. The first-order valence-electron chi connectivity index (χ1n) is 10.6. The van der Waals surface area contributed by atoms with E-state index in [2.05, 4.69) is 4.90 Å². The summed E-state index contributed by atoms with van der Waals surface area (Å²) < 4.78 is 52.5. The molecule has 0 spiro atoms. The zero-order chi connectivity index (χ0) is 24.6. The third-order valence-corrected chi connectivity index (χ3v) is 8.43. The Morgan fingerprint density at radius 2 is 1.47 bits per heavy atom. The molecule has 3 aromatic carbocycles. The maximum atomic E-state index is 13.8. The van der Waals surface area contributed by atoms with Crippen molar-refractivity contribution < 1.29 is 17.2 Å². The van der Waals surface area contributed by atoms with E-state index in [1.807, 2.05) is 30.3 Å². The van der Waals surface area contributed by atoms with Crippen molar-refractivity contribution in [2.24, 2.45) is 5.92 Å². The van der Waals surface area contributed by atoms with Gasteiger partial charge in [-0.2, -0.15) is 0 Å². The molecule has 1 heterocycles. The summed E-state index contributed by atoms with van der Waals surface area (Å²) in [5.41, 5.74) is 1.99. The highest BCUT2D eigenvalue weighted by atomic mass is 35.5. The predicted octanol–water partition coefficient (Wildman–Crippen LogP) is 7.12. The van der Waals surface area contributed by atoms with Crippen LogP contribution >= 0.6 is 34.8 Å². The van der Waals surface area contributed by atoms with Crippen LogP contribution < -0.4 is 0 Å². The Balaban J connectivity index is 1.58. The van der Waals surface area contributed by atoms with Gasteiger partial charge in [0, 0.05) is 40.5 Å². The van der Waals surface area contributed by atoms with Gasteiger partial charge in [0.25, 0.3) is 0 Å². The highest BCUT2D eigenvalue weighted by Crippen LogP contribution is 2.41. The fraction of sp³-hybridized carbons (Fsp3) is 0.280. The highest BCUT2D eigenvalue weighted by molar-refractivity contribution is 7.90. The lowest BCUT2D eigenvalue weighted by Gasteiger charge is -2.46. The lowest BCUT2D eigenvalue weighted by Crippen LogP contribution is -2.49. The minimum Gasteiger partial charge on any atom is -0.292 e. The second kappa shape index (κ2) is 10.1. The Morgan fingerprint density at radius 3 is 2.03 bits per heavy atom. The van der Waals surface area contributed by atoms with Crippen molar-refractivity contribution in [3.63, 3.8) is 0 Å². The van der Waals surface area contributed by atoms with Crippen LogP contribution in [0.15, 0.2) is 60.7 Å². The maximum absolute atomic E-state index is 13.8. The van der Waals surface area contributed by atoms with Crippen LogP contribution in [0.2, 0.25) is 15.1 Å². The van der Waals surface area contributed by atoms with Gasteiger partial charge in [0.1, 0.15) is 11.6 Å². The minimum atomic E-state index is -3.58. The molecule has 1 aliphatic heterocycles. The van der Waals surface area contributed by atoms with Gasteiger partial charge in [0.15, 0.2) is 9.84 Å². The Kier molecular flexibility index (Phi) is 7.56.